The average molecular weight is 172 g/mol. The number of rotatable bonds is 2. The summed E-state index contributed by atoms with van der Waals surface area (Å²) >= 11 is 0. The van der Waals surface area contributed by atoms with Crippen molar-refractivity contribution in [3.63, 3.8) is 0 Å². The van der Waals surface area contributed by atoms with Crippen molar-refractivity contribution in [3.05, 3.63) is 12.4 Å². The molecule has 0 aliphatic heterocycles. The van der Waals surface area contributed by atoms with Gasteiger partial charge in [-0.3, -0.25) is 4.57 Å². The van der Waals surface area contributed by atoms with E-state index in [9.17, 15) is 9.13 Å². The fourth-order valence-electron chi connectivity index (χ4n) is 0.106. The van der Waals surface area contributed by atoms with E-state index in [1.165, 1.54) is 0 Å². The molecule has 0 spiro atoms. The highest BCUT2D eigenvalue weighted by atomic mass is 32.1. The molecular weight excluding hydrogens is 166 g/mol. The predicted octanol–water partition coefficient (Wildman–Crippen LogP) is 0.493. The van der Waals surface area contributed by atoms with E-state index in [1.807, 2.05) is 0 Å². The van der Waals surface area contributed by atoms with Gasteiger partial charge in [0.15, 0.2) is 0 Å². The second kappa shape index (κ2) is 2.37. The van der Waals surface area contributed by atoms with Crippen molar-refractivity contribution < 1.29 is 23.8 Å². The molecule has 0 aromatic heterocycles. The van der Waals surface area contributed by atoms with Crippen LogP contribution in [0.2, 0.25) is 0 Å². The van der Waals surface area contributed by atoms with Gasteiger partial charge >= 0.3 is 14.3 Å². The molecule has 0 aromatic carbocycles. The van der Waals surface area contributed by atoms with Gasteiger partial charge in [-0.1, -0.05) is 6.58 Å². The Labute approximate surface area is 51.5 Å². The summed E-state index contributed by atoms with van der Waals surface area (Å²) in [7, 11) is -9.30. The molecule has 0 bridgehead atoms. The van der Waals surface area contributed by atoms with Crippen LogP contribution in [0.3, 0.4) is 0 Å². The fourth-order valence-corrected chi connectivity index (χ4v) is 0.957. The standard InChI is InChI=1S/C2H6O5P2/c1-2-8(3,4)9(5,6)7/h2H,1H2,(H,3,4)(H2,5,6,7). The van der Waals surface area contributed by atoms with Crippen molar-refractivity contribution in [2.24, 2.45) is 0 Å². The van der Waals surface area contributed by atoms with Crippen molar-refractivity contribution in [2.75, 3.05) is 0 Å². The van der Waals surface area contributed by atoms with Gasteiger partial charge in [0.25, 0.3) is 0 Å². The van der Waals surface area contributed by atoms with Crippen molar-refractivity contribution in [1.82, 2.24) is 0 Å². The summed E-state index contributed by atoms with van der Waals surface area (Å²) in [5, 5.41) is 0. The molecule has 0 aromatic rings. The van der Waals surface area contributed by atoms with Gasteiger partial charge in [-0.15, -0.1) is 0 Å². The third kappa shape index (κ3) is 2.05. The van der Waals surface area contributed by atoms with Crippen molar-refractivity contribution >= 4 is 14.3 Å². The largest absolute Gasteiger partial charge is 0.411 e. The zero-order valence-electron chi connectivity index (χ0n) is 4.34. The van der Waals surface area contributed by atoms with Crippen LogP contribution < -0.4 is 0 Å². The maximum atomic E-state index is 10.3. The molecule has 0 aliphatic carbocycles. The minimum Gasteiger partial charge on any atom is -0.333 e. The molecule has 0 aliphatic rings. The summed E-state index contributed by atoms with van der Waals surface area (Å²) in [6.07, 6.45) is 0. The second-order valence-electron chi connectivity index (χ2n) is 1.28. The first-order valence-electron chi connectivity index (χ1n) is 1.83. The highest BCUT2D eigenvalue weighted by molar-refractivity contribution is 8.30. The van der Waals surface area contributed by atoms with Gasteiger partial charge in [0.05, 0.1) is 0 Å². The Morgan fingerprint density at radius 3 is 1.56 bits per heavy atom. The van der Waals surface area contributed by atoms with Crippen molar-refractivity contribution in [2.45, 2.75) is 0 Å². The van der Waals surface area contributed by atoms with Crippen LogP contribution in [0.1, 0.15) is 0 Å². The van der Waals surface area contributed by atoms with Crippen LogP contribution in [0.5, 0.6) is 0 Å². The lowest BCUT2D eigenvalue weighted by atomic mass is 11.3. The Bertz CT molecular complexity index is 201. The maximum Gasteiger partial charge on any atom is 0.411 e. The monoisotopic (exact) mass is 172 g/mol. The fraction of sp³-hybridized carbons (Fsp3) is 0. The molecule has 5 nitrogen and oxygen atoms in total. The first-order valence-corrected chi connectivity index (χ1v) is 5.88. The average Bonchev–Trinajstić information content (AvgIpc) is 1.64. The van der Waals surface area contributed by atoms with Gasteiger partial charge in [0.2, 0.25) is 0 Å². The van der Waals surface area contributed by atoms with E-state index >= 15 is 0 Å². The van der Waals surface area contributed by atoms with Crippen LogP contribution in [0.4, 0.5) is 0 Å². The van der Waals surface area contributed by atoms with E-state index in [-0.39, 0.29) is 0 Å². The number of hydrogen-bond acceptors (Lipinski definition) is 2. The normalized spacial score (nSPS) is 18.6. The van der Waals surface area contributed by atoms with E-state index < -0.39 is 14.3 Å². The van der Waals surface area contributed by atoms with Crippen molar-refractivity contribution in [1.29, 1.82) is 0 Å². The first kappa shape index (κ1) is 9.08. The van der Waals surface area contributed by atoms with Crippen LogP contribution in [0.25, 0.3) is 0 Å². The first-order chi connectivity index (χ1) is 3.81. The summed E-state index contributed by atoms with van der Waals surface area (Å²) in [5.74, 6) is 0.369. The Morgan fingerprint density at radius 2 is 1.56 bits per heavy atom. The molecule has 0 saturated carbocycles. The van der Waals surface area contributed by atoms with E-state index in [1.54, 1.807) is 0 Å². The molecule has 0 saturated heterocycles. The molecule has 1 atom stereocenters. The molecule has 0 heterocycles. The Kier molecular flexibility index (Phi) is 2.39. The SMILES string of the molecule is C=CP(=O)(O)P(=O)(O)O. The lowest BCUT2D eigenvalue weighted by molar-refractivity contribution is 0.379. The quantitative estimate of drug-likeness (QED) is 0.527. The molecular formula is C2H6O5P2. The van der Waals surface area contributed by atoms with E-state index in [4.69, 9.17) is 14.7 Å². The Hall–Kier alpha value is 0.0800. The highest BCUT2D eigenvalue weighted by Gasteiger charge is 2.36. The maximum absolute atomic E-state index is 10.3. The third-order valence-corrected chi connectivity index (χ3v) is 4.56. The summed E-state index contributed by atoms with van der Waals surface area (Å²) in [5.41, 5.74) is 0. The van der Waals surface area contributed by atoms with Gasteiger partial charge in [-0.05, 0) is 0 Å². The van der Waals surface area contributed by atoms with Crippen LogP contribution in [-0.4, -0.2) is 14.7 Å². The molecule has 0 fully saturated rings. The summed E-state index contributed by atoms with van der Waals surface area (Å²) in [6, 6.07) is 0. The van der Waals surface area contributed by atoms with E-state index in [2.05, 4.69) is 6.58 Å². The molecule has 3 N–H and O–H groups in total. The molecule has 7 heteroatoms. The Morgan fingerprint density at radius 1 is 1.22 bits per heavy atom. The summed E-state index contributed by atoms with van der Waals surface area (Å²) in [4.78, 5) is 24.5. The van der Waals surface area contributed by atoms with E-state index in [0.717, 1.165) is 0 Å². The van der Waals surface area contributed by atoms with Gasteiger partial charge in [0.1, 0.15) is 0 Å². The zero-order chi connectivity index (χ0) is 7.71. The third-order valence-electron chi connectivity index (χ3n) is 0.611. The van der Waals surface area contributed by atoms with Gasteiger partial charge < -0.3 is 14.7 Å². The number of hydrogen-bond donors (Lipinski definition) is 3. The predicted molar refractivity (Wildman–Crippen MR) is 32.1 cm³/mol. The molecule has 54 valence electrons. The Balaban J connectivity index is 4.78. The van der Waals surface area contributed by atoms with Crippen molar-refractivity contribution in [3.8, 4) is 0 Å². The second-order valence-corrected chi connectivity index (χ2v) is 7.14. The summed E-state index contributed by atoms with van der Waals surface area (Å²) in [6.45, 7) is 2.79. The summed E-state index contributed by atoms with van der Waals surface area (Å²) < 4.78 is 20.3. The minimum absolute atomic E-state index is 0.369. The molecule has 0 amide bonds. The molecule has 1 unspecified atom stereocenters. The van der Waals surface area contributed by atoms with Crippen LogP contribution in [0, 0.1) is 0 Å². The smallest absolute Gasteiger partial charge is 0.333 e. The lowest BCUT2D eigenvalue weighted by Gasteiger charge is -2.05. The van der Waals surface area contributed by atoms with E-state index in [0.29, 0.717) is 5.82 Å². The van der Waals surface area contributed by atoms with Gasteiger partial charge in [0, 0.05) is 5.82 Å². The zero-order valence-corrected chi connectivity index (χ0v) is 6.13. The van der Waals surface area contributed by atoms with Crippen LogP contribution >= 0.6 is 14.3 Å². The lowest BCUT2D eigenvalue weighted by Crippen LogP contribution is -1.76. The molecule has 0 radical (unpaired) electrons. The topological polar surface area (TPSA) is 94.8 Å². The van der Waals surface area contributed by atoms with Gasteiger partial charge in [-0.2, -0.15) is 0 Å². The van der Waals surface area contributed by atoms with Gasteiger partial charge in [-0.25, -0.2) is 4.57 Å². The molecule has 0 rings (SSSR count). The van der Waals surface area contributed by atoms with Crippen LogP contribution in [0.15, 0.2) is 12.4 Å². The molecule has 9 heavy (non-hydrogen) atoms. The highest BCUT2D eigenvalue weighted by Crippen LogP contribution is 2.74. The minimum atomic E-state index is -4.88. The van der Waals surface area contributed by atoms with Crippen LogP contribution in [-0.2, 0) is 9.13 Å².